The first-order valence-electron chi connectivity index (χ1n) is 5.31. The molecule has 1 aromatic carbocycles. The lowest BCUT2D eigenvalue weighted by Crippen LogP contribution is -2.49. The summed E-state index contributed by atoms with van der Waals surface area (Å²) in [6.07, 6.45) is 0. The molecule has 100 valence electrons. The average Bonchev–Trinajstić information content (AvgIpc) is 2.29. The molecule has 0 spiro atoms. The van der Waals surface area contributed by atoms with E-state index in [1.165, 1.54) is 18.2 Å². The van der Waals surface area contributed by atoms with E-state index in [1.54, 1.807) is 13.0 Å². The van der Waals surface area contributed by atoms with Crippen molar-refractivity contribution in [3.8, 4) is 5.75 Å². The van der Waals surface area contributed by atoms with Gasteiger partial charge in [0.15, 0.2) is 5.60 Å². The SMILES string of the molecule is CCOc1ccccc1C(C)(O)C(F)(F)C(=O)O. The van der Waals surface area contributed by atoms with Crippen LogP contribution in [0.25, 0.3) is 0 Å². The van der Waals surface area contributed by atoms with Crippen molar-refractivity contribution >= 4 is 5.97 Å². The van der Waals surface area contributed by atoms with Crippen molar-refractivity contribution in [3.63, 3.8) is 0 Å². The van der Waals surface area contributed by atoms with Crippen molar-refractivity contribution in [2.24, 2.45) is 0 Å². The molecule has 2 N–H and O–H groups in total. The summed E-state index contributed by atoms with van der Waals surface area (Å²) < 4.78 is 32.2. The second-order valence-corrected chi connectivity index (χ2v) is 3.88. The van der Waals surface area contributed by atoms with Gasteiger partial charge in [-0.05, 0) is 19.9 Å². The molecular weight excluding hydrogens is 246 g/mol. The highest BCUT2D eigenvalue weighted by molar-refractivity contribution is 5.77. The van der Waals surface area contributed by atoms with Gasteiger partial charge in [0.2, 0.25) is 0 Å². The Hall–Kier alpha value is -1.69. The molecule has 0 fully saturated rings. The first kappa shape index (κ1) is 14.4. The van der Waals surface area contributed by atoms with Gasteiger partial charge in [-0.15, -0.1) is 0 Å². The maximum absolute atomic E-state index is 13.5. The van der Waals surface area contributed by atoms with Crippen LogP contribution in [0.2, 0.25) is 0 Å². The van der Waals surface area contributed by atoms with E-state index in [0.29, 0.717) is 0 Å². The van der Waals surface area contributed by atoms with Crippen LogP contribution >= 0.6 is 0 Å². The molecule has 1 aromatic rings. The van der Waals surface area contributed by atoms with E-state index >= 15 is 0 Å². The average molecular weight is 260 g/mol. The Morgan fingerprint density at radius 2 is 1.94 bits per heavy atom. The third kappa shape index (κ3) is 2.28. The fourth-order valence-electron chi connectivity index (χ4n) is 1.53. The fourth-order valence-corrected chi connectivity index (χ4v) is 1.53. The summed E-state index contributed by atoms with van der Waals surface area (Å²) in [5, 5.41) is 18.4. The Balaban J connectivity index is 3.31. The second-order valence-electron chi connectivity index (χ2n) is 3.88. The number of hydrogen-bond acceptors (Lipinski definition) is 3. The molecule has 0 aliphatic carbocycles. The Labute approximate surface area is 103 Å². The summed E-state index contributed by atoms with van der Waals surface area (Å²) >= 11 is 0. The number of ether oxygens (including phenoxy) is 1. The van der Waals surface area contributed by atoms with E-state index in [0.717, 1.165) is 6.92 Å². The summed E-state index contributed by atoms with van der Waals surface area (Å²) in [5.74, 6) is -6.68. The number of halogens is 2. The molecule has 0 saturated carbocycles. The first-order chi connectivity index (χ1) is 8.25. The van der Waals surface area contributed by atoms with Gasteiger partial charge in [-0.3, -0.25) is 0 Å². The molecule has 0 aliphatic heterocycles. The van der Waals surface area contributed by atoms with Gasteiger partial charge in [0, 0.05) is 5.56 Å². The minimum absolute atomic E-state index is 0.0333. The van der Waals surface area contributed by atoms with Crippen molar-refractivity contribution in [1.82, 2.24) is 0 Å². The molecule has 6 heteroatoms. The molecule has 0 amide bonds. The molecule has 18 heavy (non-hydrogen) atoms. The van der Waals surface area contributed by atoms with Crippen molar-refractivity contribution < 1.29 is 28.5 Å². The highest BCUT2D eigenvalue weighted by Crippen LogP contribution is 2.41. The van der Waals surface area contributed by atoms with Gasteiger partial charge in [0.25, 0.3) is 0 Å². The standard InChI is InChI=1S/C12H14F2O4/c1-3-18-9-7-5-4-6-8(9)11(2,17)12(13,14)10(15)16/h4-7,17H,3H2,1-2H3,(H,15,16). The number of alkyl halides is 2. The van der Waals surface area contributed by atoms with Crippen LogP contribution in [0.4, 0.5) is 8.78 Å². The fraction of sp³-hybridized carbons (Fsp3) is 0.417. The zero-order chi connectivity index (χ0) is 14.0. The minimum Gasteiger partial charge on any atom is -0.493 e. The van der Waals surface area contributed by atoms with Gasteiger partial charge in [0.1, 0.15) is 5.75 Å². The van der Waals surface area contributed by atoms with Crippen LogP contribution in [0, 0.1) is 0 Å². The lowest BCUT2D eigenvalue weighted by Gasteiger charge is -2.31. The van der Waals surface area contributed by atoms with Crippen LogP contribution < -0.4 is 4.74 Å². The van der Waals surface area contributed by atoms with Crippen molar-refractivity contribution in [1.29, 1.82) is 0 Å². The summed E-state index contributed by atoms with van der Waals surface area (Å²) in [6, 6.07) is 5.57. The Morgan fingerprint density at radius 3 is 2.44 bits per heavy atom. The smallest absolute Gasteiger partial charge is 0.378 e. The van der Waals surface area contributed by atoms with E-state index < -0.39 is 17.5 Å². The highest BCUT2D eigenvalue weighted by atomic mass is 19.3. The van der Waals surface area contributed by atoms with Gasteiger partial charge in [-0.1, -0.05) is 18.2 Å². The van der Waals surface area contributed by atoms with Gasteiger partial charge in [-0.2, -0.15) is 8.78 Å². The maximum atomic E-state index is 13.5. The Kier molecular flexibility index (Phi) is 3.91. The molecule has 1 atom stereocenters. The van der Waals surface area contributed by atoms with Gasteiger partial charge < -0.3 is 14.9 Å². The van der Waals surface area contributed by atoms with Crippen molar-refractivity contribution in [3.05, 3.63) is 29.8 Å². The van der Waals surface area contributed by atoms with Crippen LogP contribution in [0.5, 0.6) is 5.75 Å². The number of para-hydroxylation sites is 1. The molecule has 0 aromatic heterocycles. The van der Waals surface area contributed by atoms with E-state index in [-0.39, 0.29) is 17.9 Å². The zero-order valence-corrected chi connectivity index (χ0v) is 9.98. The molecule has 1 unspecified atom stereocenters. The van der Waals surface area contributed by atoms with Crippen LogP contribution in [-0.4, -0.2) is 28.7 Å². The summed E-state index contributed by atoms with van der Waals surface area (Å²) in [7, 11) is 0. The van der Waals surface area contributed by atoms with Gasteiger partial charge in [-0.25, -0.2) is 4.79 Å². The van der Waals surface area contributed by atoms with Crippen LogP contribution in [-0.2, 0) is 10.4 Å². The third-order valence-electron chi connectivity index (χ3n) is 2.59. The summed E-state index contributed by atoms with van der Waals surface area (Å²) in [4.78, 5) is 10.6. The zero-order valence-electron chi connectivity index (χ0n) is 9.98. The van der Waals surface area contributed by atoms with E-state index in [4.69, 9.17) is 9.84 Å². The number of hydrogen-bond donors (Lipinski definition) is 2. The van der Waals surface area contributed by atoms with Crippen LogP contribution in [0.15, 0.2) is 24.3 Å². The Bertz CT molecular complexity index is 443. The summed E-state index contributed by atoms with van der Waals surface area (Å²) in [6.45, 7) is 2.62. The number of aliphatic carboxylic acids is 1. The van der Waals surface area contributed by atoms with E-state index in [2.05, 4.69) is 0 Å². The number of carboxylic acid groups (broad SMARTS) is 1. The van der Waals surface area contributed by atoms with Gasteiger partial charge >= 0.3 is 11.9 Å². The van der Waals surface area contributed by atoms with E-state index in [9.17, 15) is 18.7 Å². The largest absolute Gasteiger partial charge is 0.493 e. The molecule has 0 bridgehead atoms. The first-order valence-corrected chi connectivity index (χ1v) is 5.31. The number of carboxylic acids is 1. The lowest BCUT2D eigenvalue weighted by atomic mass is 9.88. The monoisotopic (exact) mass is 260 g/mol. The number of rotatable bonds is 5. The third-order valence-corrected chi connectivity index (χ3v) is 2.59. The predicted molar refractivity (Wildman–Crippen MR) is 59.8 cm³/mol. The normalized spacial score (nSPS) is 14.9. The molecule has 0 saturated heterocycles. The Morgan fingerprint density at radius 1 is 1.39 bits per heavy atom. The van der Waals surface area contributed by atoms with Gasteiger partial charge in [0.05, 0.1) is 6.61 Å². The van der Waals surface area contributed by atoms with E-state index in [1.807, 2.05) is 0 Å². The predicted octanol–water partition coefficient (Wildman–Crippen LogP) is 2.01. The molecule has 0 radical (unpaired) electrons. The second kappa shape index (κ2) is 4.89. The lowest BCUT2D eigenvalue weighted by molar-refractivity contribution is -0.207. The van der Waals surface area contributed by atoms with Crippen LogP contribution in [0.1, 0.15) is 19.4 Å². The maximum Gasteiger partial charge on any atom is 0.378 e. The molecule has 0 heterocycles. The van der Waals surface area contributed by atoms with Crippen molar-refractivity contribution in [2.45, 2.75) is 25.4 Å². The number of benzene rings is 1. The summed E-state index contributed by atoms with van der Waals surface area (Å²) in [5.41, 5.74) is -3.12. The highest BCUT2D eigenvalue weighted by Gasteiger charge is 2.57. The van der Waals surface area contributed by atoms with Crippen LogP contribution in [0.3, 0.4) is 0 Å². The number of aliphatic hydroxyl groups is 1. The van der Waals surface area contributed by atoms with Crippen molar-refractivity contribution in [2.75, 3.05) is 6.61 Å². The topological polar surface area (TPSA) is 66.8 Å². The molecule has 1 rings (SSSR count). The minimum atomic E-state index is -4.32. The molecular formula is C12H14F2O4. The number of carbonyl (C=O) groups is 1. The molecule has 0 aliphatic rings. The quantitative estimate of drug-likeness (QED) is 0.849. The molecule has 4 nitrogen and oxygen atoms in total.